The topological polar surface area (TPSA) is 55.8 Å². The van der Waals surface area contributed by atoms with E-state index in [0.29, 0.717) is 19.7 Å². The number of ether oxygens (including phenoxy) is 2. The van der Waals surface area contributed by atoms with E-state index >= 15 is 0 Å². The van der Waals surface area contributed by atoms with Gasteiger partial charge in [0.1, 0.15) is 0 Å². The fourth-order valence-corrected chi connectivity index (χ4v) is 1.32. The van der Waals surface area contributed by atoms with Crippen molar-refractivity contribution >= 4 is 11.9 Å². The van der Waals surface area contributed by atoms with E-state index in [-0.39, 0.29) is 12.7 Å². The molecule has 1 unspecified atom stereocenters. The van der Waals surface area contributed by atoms with Crippen LogP contribution in [0.5, 0.6) is 0 Å². The first-order valence-corrected chi connectivity index (χ1v) is 4.72. The molecular weight excluding hydrogens is 186 g/mol. The third-order valence-electron chi connectivity index (χ3n) is 1.98. The standard InChI is InChI=1S/C9H15NO4/c1-3-13-9(12)8(11)10-4-5-14-7(2)6-10/h7H,3-6H2,1-2H3. The van der Waals surface area contributed by atoms with Crippen molar-refractivity contribution in [3.8, 4) is 0 Å². The van der Waals surface area contributed by atoms with Crippen LogP contribution in [0.1, 0.15) is 13.8 Å². The molecule has 0 aromatic carbocycles. The molecule has 80 valence electrons. The highest BCUT2D eigenvalue weighted by molar-refractivity contribution is 6.32. The Kier molecular flexibility index (Phi) is 3.88. The van der Waals surface area contributed by atoms with Crippen molar-refractivity contribution in [1.82, 2.24) is 4.90 Å². The maximum absolute atomic E-state index is 11.4. The monoisotopic (exact) mass is 201 g/mol. The second kappa shape index (κ2) is 4.95. The van der Waals surface area contributed by atoms with E-state index in [1.165, 1.54) is 4.90 Å². The molecular formula is C9H15NO4. The molecule has 5 heteroatoms. The third-order valence-corrected chi connectivity index (χ3v) is 1.98. The quantitative estimate of drug-likeness (QED) is 0.435. The minimum atomic E-state index is -0.776. The van der Waals surface area contributed by atoms with Crippen LogP contribution in [0, 0.1) is 0 Å². The Morgan fingerprint density at radius 3 is 2.86 bits per heavy atom. The van der Waals surface area contributed by atoms with Crippen LogP contribution in [0.2, 0.25) is 0 Å². The van der Waals surface area contributed by atoms with Crippen LogP contribution in [0.4, 0.5) is 0 Å². The summed E-state index contributed by atoms with van der Waals surface area (Å²) in [5, 5.41) is 0. The van der Waals surface area contributed by atoms with E-state index in [1.807, 2.05) is 6.92 Å². The van der Waals surface area contributed by atoms with Crippen LogP contribution in [0.25, 0.3) is 0 Å². The lowest BCUT2D eigenvalue weighted by Crippen LogP contribution is -2.47. The van der Waals surface area contributed by atoms with Gasteiger partial charge in [0, 0.05) is 13.1 Å². The van der Waals surface area contributed by atoms with E-state index < -0.39 is 11.9 Å². The minimum absolute atomic E-state index is 0.0119. The van der Waals surface area contributed by atoms with Crippen molar-refractivity contribution in [2.45, 2.75) is 20.0 Å². The van der Waals surface area contributed by atoms with Crippen molar-refractivity contribution in [2.24, 2.45) is 0 Å². The zero-order chi connectivity index (χ0) is 10.6. The molecule has 14 heavy (non-hydrogen) atoms. The van der Waals surface area contributed by atoms with Crippen molar-refractivity contribution < 1.29 is 19.1 Å². The van der Waals surface area contributed by atoms with Gasteiger partial charge in [0.15, 0.2) is 0 Å². The summed E-state index contributed by atoms with van der Waals surface area (Å²) < 4.78 is 9.87. The number of hydrogen-bond donors (Lipinski definition) is 0. The number of hydrogen-bond acceptors (Lipinski definition) is 4. The molecule has 0 bridgehead atoms. The van der Waals surface area contributed by atoms with Crippen LogP contribution >= 0.6 is 0 Å². The van der Waals surface area contributed by atoms with Gasteiger partial charge in [0.2, 0.25) is 0 Å². The summed E-state index contributed by atoms with van der Waals surface area (Å²) in [6.45, 7) is 5.16. The Morgan fingerprint density at radius 2 is 2.29 bits per heavy atom. The maximum Gasteiger partial charge on any atom is 0.397 e. The van der Waals surface area contributed by atoms with Gasteiger partial charge >= 0.3 is 11.9 Å². The van der Waals surface area contributed by atoms with Gasteiger partial charge in [0.25, 0.3) is 0 Å². The summed E-state index contributed by atoms with van der Waals surface area (Å²) in [6, 6.07) is 0. The van der Waals surface area contributed by atoms with E-state index in [9.17, 15) is 9.59 Å². The van der Waals surface area contributed by atoms with Crippen LogP contribution in [0.3, 0.4) is 0 Å². The Hall–Kier alpha value is -1.10. The number of amides is 1. The zero-order valence-corrected chi connectivity index (χ0v) is 8.49. The molecule has 0 aliphatic carbocycles. The van der Waals surface area contributed by atoms with Gasteiger partial charge in [-0.05, 0) is 13.8 Å². The predicted molar refractivity (Wildman–Crippen MR) is 48.6 cm³/mol. The first-order chi connectivity index (χ1) is 6.65. The predicted octanol–water partition coefficient (Wildman–Crippen LogP) is -0.203. The van der Waals surface area contributed by atoms with Crippen LogP contribution in [0.15, 0.2) is 0 Å². The molecule has 1 atom stereocenters. The largest absolute Gasteiger partial charge is 0.459 e. The molecule has 1 fully saturated rings. The normalized spacial score (nSPS) is 21.9. The average molecular weight is 201 g/mol. The van der Waals surface area contributed by atoms with E-state index in [0.717, 1.165) is 0 Å². The number of esters is 1. The smallest absolute Gasteiger partial charge is 0.397 e. The number of carbonyl (C=O) groups is 2. The Balaban J connectivity index is 2.47. The van der Waals surface area contributed by atoms with Gasteiger partial charge in [-0.25, -0.2) is 4.79 Å². The molecule has 1 rings (SSSR count). The zero-order valence-electron chi connectivity index (χ0n) is 8.49. The molecule has 1 amide bonds. The second-order valence-corrected chi connectivity index (χ2v) is 3.15. The van der Waals surface area contributed by atoms with Crippen molar-refractivity contribution in [3.63, 3.8) is 0 Å². The van der Waals surface area contributed by atoms with Crippen molar-refractivity contribution in [2.75, 3.05) is 26.3 Å². The maximum atomic E-state index is 11.4. The summed E-state index contributed by atoms with van der Waals surface area (Å²) in [5.74, 6) is -1.34. The number of morpholine rings is 1. The number of rotatable bonds is 1. The lowest BCUT2D eigenvalue weighted by Gasteiger charge is -2.30. The second-order valence-electron chi connectivity index (χ2n) is 3.15. The van der Waals surface area contributed by atoms with Crippen LogP contribution in [-0.2, 0) is 19.1 Å². The average Bonchev–Trinajstić information content (AvgIpc) is 2.17. The fourth-order valence-electron chi connectivity index (χ4n) is 1.32. The van der Waals surface area contributed by atoms with Gasteiger partial charge in [-0.2, -0.15) is 0 Å². The highest BCUT2D eigenvalue weighted by Crippen LogP contribution is 2.04. The first kappa shape index (κ1) is 11.0. The molecule has 0 radical (unpaired) electrons. The van der Waals surface area contributed by atoms with E-state index in [2.05, 4.69) is 4.74 Å². The summed E-state index contributed by atoms with van der Waals surface area (Å²) >= 11 is 0. The van der Waals surface area contributed by atoms with Crippen LogP contribution < -0.4 is 0 Å². The first-order valence-electron chi connectivity index (χ1n) is 4.72. The molecule has 0 spiro atoms. The van der Waals surface area contributed by atoms with Gasteiger partial charge in [-0.3, -0.25) is 4.79 Å². The fraction of sp³-hybridized carbons (Fsp3) is 0.778. The van der Waals surface area contributed by atoms with Gasteiger partial charge in [0.05, 0.1) is 19.3 Å². The Bertz CT molecular complexity index is 229. The lowest BCUT2D eigenvalue weighted by atomic mass is 10.3. The molecule has 1 aliphatic heterocycles. The van der Waals surface area contributed by atoms with Crippen molar-refractivity contribution in [3.05, 3.63) is 0 Å². The van der Waals surface area contributed by atoms with E-state index in [1.54, 1.807) is 6.92 Å². The third kappa shape index (κ3) is 2.70. The molecule has 1 aliphatic rings. The Morgan fingerprint density at radius 1 is 1.57 bits per heavy atom. The lowest BCUT2D eigenvalue weighted by molar-refractivity contribution is -0.163. The van der Waals surface area contributed by atoms with Gasteiger partial charge in [-0.15, -0.1) is 0 Å². The molecule has 0 N–H and O–H groups in total. The number of carbonyl (C=O) groups excluding carboxylic acids is 2. The van der Waals surface area contributed by atoms with Gasteiger partial charge < -0.3 is 14.4 Å². The van der Waals surface area contributed by atoms with Gasteiger partial charge in [-0.1, -0.05) is 0 Å². The molecule has 1 heterocycles. The summed E-state index contributed by atoms with van der Waals surface area (Å²) in [4.78, 5) is 24.0. The molecule has 0 aromatic rings. The Labute approximate surface area is 83.0 Å². The van der Waals surface area contributed by atoms with E-state index in [4.69, 9.17) is 4.74 Å². The molecule has 5 nitrogen and oxygen atoms in total. The molecule has 0 saturated carbocycles. The van der Waals surface area contributed by atoms with Crippen LogP contribution in [-0.4, -0.2) is 49.2 Å². The summed E-state index contributed by atoms with van der Waals surface area (Å²) in [7, 11) is 0. The summed E-state index contributed by atoms with van der Waals surface area (Å²) in [6.07, 6.45) is -0.0119. The minimum Gasteiger partial charge on any atom is -0.459 e. The highest BCUT2D eigenvalue weighted by atomic mass is 16.5. The van der Waals surface area contributed by atoms with Crippen molar-refractivity contribution in [1.29, 1.82) is 0 Å². The highest BCUT2D eigenvalue weighted by Gasteiger charge is 2.27. The summed E-state index contributed by atoms with van der Waals surface area (Å²) in [5.41, 5.74) is 0. The number of nitrogens with zero attached hydrogens (tertiary/aromatic N) is 1. The molecule has 0 aromatic heterocycles. The molecule has 1 saturated heterocycles. The SMILES string of the molecule is CCOC(=O)C(=O)N1CCOC(C)C1.